The van der Waals surface area contributed by atoms with E-state index < -0.39 is 0 Å². The molecule has 1 aliphatic rings. The highest BCUT2D eigenvalue weighted by molar-refractivity contribution is 5.07. The van der Waals surface area contributed by atoms with Crippen LogP contribution in [0.2, 0.25) is 0 Å². The number of rotatable bonds is 8. The normalized spacial score (nSPS) is 21.7. The molecular weight excluding hydrogens is 302 g/mol. The van der Waals surface area contributed by atoms with Crippen LogP contribution in [-0.4, -0.2) is 53.4 Å². The predicted molar refractivity (Wildman–Crippen MR) is 95.7 cm³/mol. The van der Waals surface area contributed by atoms with Crippen molar-refractivity contribution in [2.75, 3.05) is 33.4 Å². The number of hydrogen-bond acceptors (Lipinski definition) is 5. The van der Waals surface area contributed by atoms with Crippen molar-refractivity contribution in [1.82, 2.24) is 14.9 Å². The second-order valence-corrected chi connectivity index (χ2v) is 7.21. The number of likely N-dealkylation sites (tertiary alicyclic amines) is 1. The van der Waals surface area contributed by atoms with E-state index in [4.69, 9.17) is 4.74 Å². The lowest BCUT2D eigenvalue weighted by molar-refractivity contribution is 0.0306. The Hall–Kier alpha value is -1.30. The minimum atomic E-state index is -0.00518. The van der Waals surface area contributed by atoms with Crippen LogP contribution in [0.1, 0.15) is 44.5 Å². The Morgan fingerprint density at radius 3 is 2.75 bits per heavy atom. The average molecular weight is 333 g/mol. The van der Waals surface area contributed by atoms with Gasteiger partial charge in [-0.15, -0.1) is 0 Å². The zero-order chi connectivity index (χ0) is 17.4. The van der Waals surface area contributed by atoms with Gasteiger partial charge >= 0.3 is 0 Å². The summed E-state index contributed by atoms with van der Waals surface area (Å²) in [4.78, 5) is 11.3. The minimum Gasteiger partial charge on any atom is -0.396 e. The molecule has 24 heavy (non-hydrogen) atoms. The smallest absolute Gasteiger partial charge is 0.130 e. The molecule has 5 heteroatoms. The van der Waals surface area contributed by atoms with Crippen LogP contribution < -0.4 is 0 Å². The molecule has 1 atom stereocenters. The Morgan fingerprint density at radius 2 is 2.12 bits per heavy atom. The molecule has 0 amide bonds. The molecule has 2 heterocycles. The van der Waals surface area contributed by atoms with Crippen molar-refractivity contribution < 1.29 is 9.84 Å². The van der Waals surface area contributed by atoms with Crippen LogP contribution in [0.5, 0.6) is 0 Å². The Balaban J connectivity index is 1.95. The number of allylic oxidation sites excluding steroid dienone is 2. The summed E-state index contributed by atoms with van der Waals surface area (Å²) in [5, 5.41) is 9.96. The third kappa shape index (κ3) is 5.65. The van der Waals surface area contributed by atoms with Gasteiger partial charge in [-0.25, -0.2) is 9.97 Å². The third-order valence-corrected chi connectivity index (χ3v) is 4.71. The fraction of sp³-hybridized carbons (Fsp3) is 0.684. The van der Waals surface area contributed by atoms with E-state index in [9.17, 15) is 5.11 Å². The monoisotopic (exact) mass is 333 g/mol. The van der Waals surface area contributed by atoms with Crippen molar-refractivity contribution >= 4 is 0 Å². The molecule has 1 aromatic heterocycles. The molecule has 0 aromatic carbocycles. The summed E-state index contributed by atoms with van der Waals surface area (Å²) in [7, 11) is 1.69. The van der Waals surface area contributed by atoms with Gasteiger partial charge in [0.2, 0.25) is 0 Å². The first-order chi connectivity index (χ1) is 11.6. The Kier molecular flexibility index (Phi) is 7.34. The SMILES string of the molecule is COCCc1ncc(CN2CCCC(CO)(CC=C(C)C)C2)cn1. The minimum absolute atomic E-state index is 0.00518. The van der Waals surface area contributed by atoms with Crippen LogP contribution in [0.25, 0.3) is 0 Å². The predicted octanol–water partition coefficient (Wildman–Crippen LogP) is 2.60. The van der Waals surface area contributed by atoms with Gasteiger partial charge in [-0.2, -0.15) is 0 Å². The molecule has 0 aliphatic carbocycles. The fourth-order valence-electron chi connectivity index (χ4n) is 3.27. The van der Waals surface area contributed by atoms with E-state index in [1.54, 1.807) is 7.11 Å². The van der Waals surface area contributed by atoms with E-state index in [2.05, 4.69) is 34.8 Å². The highest BCUT2D eigenvalue weighted by Crippen LogP contribution is 2.34. The molecule has 0 radical (unpaired) electrons. The average Bonchev–Trinajstić information content (AvgIpc) is 2.60. The van der Waals surface area contributed by atoms with Gasteiger partial charge in [0.15, 0.2) is 0 Å². The molecule has 1 unspecified atom stereocenters. The van der Waals surface area contributed by atoms with Crippen molar-refractivity contribution in [3.8, 4) is 0 Å². The molecule has 1 aromatic rings. The van der Waals surface area contributed by atoms with Crippen LogP contribution in [-0.2, 0) is 17.7 Å². The van der Waals surface area contributed by atoms with Gasteiger partial charge in [-0.05, 0) is 39.7 Å². The van der Waals surface area contributed by atoms with Crippen molar-refractivity contribution in [2.45, 2.75) is 46.1 Å². The van der Waals surface area contributed by atoms with Crippen LogP contribution in [0.4, 0.5) is 0 Å². The number of methoxy groups -OCH3 is 1. The number of hydrogen-bond donors (Lipinski definition) is 1. The largest absolute Gasteiger partial charge is 0.396 e. The molecule has 5 nitrogen and oxygen atoms in total. The first-order valence-corrected chi connectivity index (χ1v) is 8.82. The first-order valence-electron chi connectivity index (χ1n) is 8.82. The molecule has 0 saturated carbocycles. The summed E-state index contributed by atoms with van der Waals surface area (Å²) in [6.07, 6.45) is 10.0. The van der Waals surface area contributed by atoms with Gasteiger partial charge in [0, 0.05) is 50.0 Å². The lowest BCUT2D eigenvalue weighted by Crippen LogP contribution is -2.44. The molecule has 1 fully saturated rings. The van der Waals surface area contributed by atoms with Crippen LogP contribution in [0.3, 0.4) is 0 Å². The second kappa shape index (κ2) is 9.25. The number of ether oxygens (including phenoxy) is 1. The van der Waals surface area contributed by atoms with Crippen molar-refractivity contribution in [3.05, 3.63) is 35.4 Å². The van der Waals surface area contributed by atoms with Gasteiger partial charge in [0.1, 0.15) is 5.82 Å². The maximum atomic E-state index is 9.96. The topological polar surface area (TPSA) is 58.5 Å². The molecule has 1 aliphatic heterocycles. The van der Waals surface area contributed by atoms with Crippen LogP contribution in [0.15, 0.2) is 24.0 Å². The third-order valence-electron chi connectivity index (χ3n) is 4.71. The maximum absolute atomic E-state index is 9.96. The Morgan fingerprint density at radius 1 is 1.38 bits per heavy atom. The summed E-state index contributed by atoms with van der Waals surface area (Å²) < 4.78 is 5.06. The summed E-state index contributed by atoms with van der Waals surface area (Å²) in [6, 6.07) is 0. The molecule has 0 bridgehead atoms. The lowest BCUT2D eigenvalue weighted by atomic mass is 9.77. The van der Waals surface area contributed by atoms with E-state index in [0.717, 1.165) is 56.7 Å². The molecule has 1 saturated heterocycles. The number of piperidine rings is 1. The molecule has 134 valence electrons. The van der Waals surface area contributed by atoms with Crippen molar-refractivity contribution in [2.24, 2.45) is 5.41 Å². The number of nitrogens with zero attached hydrogens (tertiary/aromatic N) is 3. The standard InChI is InChI=1S/C19H31N3O2/c1-16(2)5-8-19(15-23)7-4-9-22(14-19)13-17-11-20-18(21-12-17)6-10-24-3/h5,11-12,23H,4,6-10,13-15H2,1-3H3. The van der Waals surface area contributed by atoms with Crippen molar-refractivity contribution in [1.29, 1.82) is 0 Å². The van der Waals surface area contributed by atoms with E-state index in [1.807, 2.05) is 12.4 Å². The highest BCUT2D eigenvalue weighted by atomic mass is 16.5. The van der Waals surface area contributed by atoms with E-state index in [0.29, 0.717) is 6.61 Å². The van der Waals surface area contributed by atoms with Gasteiger partial charge in [-0.3, -0.25) is 4.90 Å². The molecular formula is C19H31N3O2. The summed E-state index contributed by atoms with van der Waals surface area (Å²) >= 11 is 0. The highest BCUT2D eigenvalue weighted by Gasteiger charge is 2.34. The lowest BCUT2D eigenvalue weighted by Gasteiger charge is -2.41. The Labute approximate surface area is 145 Å². The van der Waals surface area contributed by atoms with Gasteiger partial charge in [0.25, 0.3) is 0 Å². The van der Waals surface area contributed by atoms with E-state index in [-0.39, 0.29) is 12.0 Å². The van der Waals surface area contributed by atoms with E-state index >= 15 is 0 Å². The van der Waals surface area contributed by atoms with Crippen molar-refractivity contribution in [3.63, 3.8) is 0 Å². The molecule has 2 rings (SSSR count). The first kappa shape index (κ1) is 19.0. The van der Waals surface area contributed by atoms with Gasteiger partial charge in [0.05, 0.1) is 13.2 Å². The van der Waals surface area contributed by atoms with Gasteiger partial charge < -0.3 is 9.84 Å². The summed E-state index contributed by atoms with van der Waals surface area (Å²) in [5.74, 6) is 0.826. The molecule has 0 spiro atoms. The maximum Gasteiger partial charge on any atom is 0.130 e. The quantitative estimate of drug-likeness (QED) is 0.741. The second-order valence-electron chi connectivity index (χ2n) is 7.21. The number of aliphatic hydroxyl groups is 1. The van der Waals surface area contributed by atoms with Crippen LogP contribution >= 0.6 is 0 Å². The number of aliphatic hydroxyl groups excluding tert-OH is 1. The zero-order valence-electron chi connectivity index (χ0n) is 15.3. The molecule has 1 N–H and O–H groups in total. The summed E-state index contributed by atoms with van der Waals surface area (Å²) in [5.41, 5.74) is 2.45. The zero-order valence-corrected chi connectivity index (χ0v) is 15.3. The van der Waals surface area contributed by atoms with Gasteiger partial charge in [-0.1, -0.05) is 11.6 Å². The Bertz CT molecular complexity index is 526. The fourth-order valence-corrected chi connectivity index (χ4v) is 3.27. The summed E-state index contributed by atoms with van der Waals surface area (Å²) in [6.45, 7) is 7.98. The number of aromatic nitrogens is 2. The van der Waals surface area contributed by atoms with E-state index in [1.165, 1.54) is 5.57 Å². The van der Waals surface area contributed by atoms with Crippen LogP contribution in [0, 0.1) is 5.41 Å².